The number of hydrogen-bond acceptors (Lipinski definition) is 4. The second-order valence-corrected chi connectivity index (χ2v) is 9.91. The zero-order chi connectivity index (χ0) is 23.9. The number of hydrogen-bond donors (Lipinski definition) is 2. The summed E-state index contributed by atoms with van der Waals surface area (Å²) < 4.78 is 5.62. The zero-order valence-corrected chi connectivity index (χ0v) is 20.4. The van der Waals surface area contributed by atoms with Crippen molar-refractivity contribution in [2.45, 2.75) is 52.0 Å². The van der Waals surface area contributed by atoms with Gasteiger partial charge < -0.3 is 19.4 Å². The van der Waals surface area contributed by atoms with Crippen molar-refractivity contribution in [1.29, 1.82) is 0 Å². The van der Waals surface area contributed by atoms with Gasteiger partial charge in [0.1, 0.15) is 17.2 Å². The molecular formula is C28H35N3O3. The summed E-state index contributed by atoms with van der Waals surface area (Å²) in [5.74, 6) is 1.78. The Kier molecular flexibility index (Phi) is 6.02. The van der Waals surface area contributed by atoms with Gasteiger partial charge in [-0.1, -0.05) is 12.1 Å². The summed E-state index contributed by atoms with van der Waals surface area (Å²) in [7, 11) is 0. The zero-order valence-electron chi connectivity index (χ0n) is 20.4. The molecule has 5 rings (SSSR count). The van der Waals surface area contributed by atoms with Crippen LogP contribution < -0.4 is 0 Å². The van der Waals surface area contributed by atoms with Gasteiger partial charge in [-0.15, -0.1) is 0 Å². The van der Waals surface area contributed by atoms with Gasteiger partial charge in [0.25, 0.3) is 5.91 Å². The molecule has 1 aliphatic carbocycles. The highest BCUT2D eigenvalue weighted by Crippen LogP contribution is 2.49. The van der Waals surface area contributed by atoms with Gasteiger partial charge in [0.15, 0.2) is 0 Å². The third-order valence-corrected chi connectivity index (χ3v) is 8.19. The average molecular weight is 462 g/mol. The number of aromatic amines is 1. The number of carbonyl (C=O) groups is 1. The number of nitrogens with one attached hydrogen (secondary N) is 1. The van der Waals surface area contributed by atoms with Crippen LogP contribution in [0.2, 0.25) is 0 Å². The largest absolute Gasteiger partial charge is 0.508 e. The number of aromatic hydroxyl groups is 1. The van der Waals surface area contributed by atoms with E-state index in [-0.39, 0.29) is 11.3 Å². The van der Waals surface area contributed by atoms with Crippen LogP contribution in [0, 0.1) is 12.8 Å². The van der Waals surface area contributed by atoms with Crippen LogP contribution in [0.1, 0.15) is 58.9 Å². The molecule has 34 heavy (non-hydrogen) atoms. The van der Waals surface area contributed by atoms with Gasteiger partial charge in [-0.2, -0.15) is 0 Å². The maximum absolute atomic E-state index is 13.2. The number of piperidine rings is 1. The molecule has 3 heterocycles. The molecule has 1 saturated heterocycles. The van der Waals surface area contributed by atoms with Crippen molar-refractivity contribution < 1.29 is 14.3 Å². The number of benzene rings is 1. The fourth-order valence-electron chi connectivity index (χ4n) is 6.27. The Balaban J connectivity index is 1.52. The van der Waals surface area contributed by atoms with Crippen LogP contribution in [0.25, 0.3) is 0 Å². The molecule has 0 radical (unpaired) electrons. The summed E-state index contributed by atoms with van der Waals surface area (Å²) in [4.78, 5) is 21.2. The second kappa shape index (κ2) is 8.99. The van der Waals surface area contributed by atoms with Crippen molar-refractivity contribution in [3.8, 4) is 5.75 Å². The third kappa shape index (κ3) is 3.84. The van der Waals surface area contributed by atoms with E-state index in [1.165, 1.54) is 16.8 Å². The minimum Gasteiger partial charge on any atom is -0.508 e. The molecule has 180 valence electrons. The smallest absolute Gasteiger partial charge is 0.270 e. The lowest BCUT2D eigenvalue weighted by Crippen LogP contribution is -2.53. The molecule has 1 aromatic carbocycles. The minimum absolute atomic E-state index is 0.0712. The van der Waals surface area contributed by atoms with Gasteiger partial charge in [-0.05, 0) is 93.5 Å². The molecule has 2 unspecified atom stereocenters. The van der Waals surface area contributed by atoms with E-state index >= 15 is 0 Å². The molecule has 2 aliphatic rings. The van der Waals surface area contributed by atoms with E-state index in [9.17, 15) is 9.90 Å². The summed E-state index contributed by atoms with van der Waals surface area (Å²) in [5.41, 5.74) is 5.45. The Labute approximate surface area is 201 Å². The van der Waals surface area contributed by atoms with Gasteiger partial charge >= 0.3 is 0 Å². The first-order valence-electron chi connectivity index (χ1n) is 12.5. The number of furan rings is 1. The molecule has 1 fully saturated rings. The van der Waals surface area contributed by atoms with E-state index in [1.54, 1.807) is 12.3 Å². The molecule has 3 aromatic rings. The molecule has 0 spiro atoms. The average Bonchev–Trinajstić information content (AvgIpc) is 3.46. The molecule has 2 atom stereocenters. The lowest BCUT2D eigenvalue weighted by Gasteiger charge is -2.51. The predicted octanol–water partition coefficient (Wildman–Crippen LogP) is 4.66. The van der Waals surface area contributed by atoms with Gasteiger partial charge in [-0.3, -0.25) is 9.69 Å². The number of nitrogens with zero attached hydrogens (tertiary/aromatic N) is 2. The molecule has 1 amide bonds. The lowest BCUT2D eigenvalue weighted by atomic mass is 9.58. The van der Waals surface area contributed by atoms with Crippen molar-refractivity contribution >= 4 is 5.91 Å². The Morgan fingerprint density at radius 2 is 2.09 bits per heavy atom. The normalized spacial score (nSPS) is 22.3. The first-order chi connectivity index (χ1) is 16.4. The van der Waals surface area contributed by atoms with Crippen molar-refractivity contribution in [1.82, 2.24) is 14.8 Å². The molecule has 2 N–H and O–H groups in total. The summed E-state index contributed by atoms with van der Waals surface area (Å²) >= 11 is 0. The maximum Gasteiger partial charge on any atom is 0.270 e. The number of H-pyrrole nitrogens is 1. The van der Waals surface area contributed by atoms with Gasteiger partial charge in [0, 0.05) is 30.7 Å². The highest BCUT2D eigenvalue weighted by atomic mass is 16.3. The first-order valence-corrected chi connectivity index (χ1v) is 12.5. The van der Waals surface area contributed by atoms with Crippen molar-refractivity contribution in [2.24, 2.45) is 5.92 Å². The Morgan fingerprint density at radius 3 is 2.79 bits per heavy atom. The van der Waals surface area contributed by atoms with Gasteiger partial charge in [-0.25, -0.2) is 0 Å². The van der Waals surface area contributed by atoms with E-state index in [0.717, 1.165) is 55.9 Å². The fraction of sp³-hybridized carbons (Fsp3) is 0.464. The number of aromatic nitrogens is 1. The standard InChI is InChI=1S/C28H35N3O3/c1-4-31(5-2)27(33)26-19(3)24-15-21-17-30(18-23-10-7-13-34-23)12-11-28(21,16-25(24)29-26)20-8-6-9-22(32)14-20/h6-10,13-14,21,29,32H,4-5,11-12,15-18H2,1-3H3. The highest BCUT2D eigenvalue weighted by Gasteiger charge is 2.48. The van der Waals surface area contributed by atoms with Crippen molar-refractivity contribution in [3.63, 3.8) is 0 Å². The van der Waals surface area contributed by atoms with E-state index in [0.29, 0.717) is 24.8 Å². The fourth-order valence-corrected chi connectivity index (χ4v) is 6.27. The lowest BCUT2D eigenvalue weighted by molar-refractivity contribution is 0.0715. The molecule has 0 bridgehead atoms. The molecule has 0 saturated carbocycles. The van der Waals surface area contributed by atoms with Crippen LogP contribution in [0.5, 0.6) is 5.75 Å². The summed E-state index contributed by atoms with van der Waals surface area (Å²) in [6.07, 6.45) is 4.52. The quantitative estimate of drug-likeness (QED) is 0.560. The summed E-state index contributed by atoms with van der Waals surface area (Å²) in [5, 5.41) is 10.3. The molecule has 2 aromatic heterocycles. The van der Waals surface area contributed by atoms with E-state index in [1.807, 2.05) is 43.0 Å². The highest BCUT2D eigenvalue weighted by molar-refractivity contribution is 5.94. The van der Waals surface area contributed by atoms with Crippen LogP contribution >= 0.6 is 0 Å². The Morgan fingerprint density at radius 1 is 1.26 bits per heavy atom. The molecule has 6 nitrogen and oxygen atoms in total. The maximum atomic E-state index is 13.2. The number of amides is 1. The summed E-state index contributed by atoms with van der Waals surface area (Å²) in [6.45, 7) is 10.3. The second-order valence-electron chi connectivity index (χ2n) is 9.91. The van der Waals surface area contributed by atoms with E-state index in [2.05, 4.69) is 22.9 Å². The van der Waals surface area contributed by atoms with Crippen LogP contribution in [0.3, 0.4) is 0 Å². The topological polar surface area (TPSA) is 72.7 Å². The number of phenols is 1. The number of carbonyl (C=O) groups excluding carboxylic acids is 1. The monoisotopic (exact) mass is 461 g/mol. The minimum atomic E-state index is -0.0712. The van der Waals surface area contributed by atoms with E-state index in [4.69, 9.17) is 4.42 Å². The van der Waals surface area contributed by atoms with Crippen LogP contribution in [0.15, 0.2) is 47.1 Å². The molecule has 6 heteroatoms. The molecular weight excluding hydrogens is 426 g/mol. The number of rotatable bonds is 6. The van der Waals surface area contributed by atoms with Gasteiger partial charge in [0.05, 0.1) is 12.8 Å². The van der Waals surface area contributed by atoms with Crippen LogP contribution in [-0.4, -0.2) is 52.0 Å². The third-order valence-electron chi connectivity index (χ3n) is 8.19. The number of fused-ring (bicyclic) bond motifs is 2. The van der Waals surface area contributed by atoms with Gasteiger partial charge in [0.2, 0.25) is 0 Å². The predicted molar refractivity (Wildman–Crippen MR) is 132 cm³/mol. The first kappa shape index (κ1) is 22.8. The Bertz CT molecular complexity index is 1160. The van der Waals surface area contributed by atoms with Crippen LogP contribution in [0.4, 0.5) is 0 Å². The van der Waals surface area contributed by atoms with Crippen molar-refractivity contribution in [2.75, 3.05) is 26.2 Å². The van der Waals surface area contributed by atoms with E-state index < -0.39 is 0 Å². The number of phenolic OH excluding ortho intramolecular Hbond substituents is 1. The number of likely N-dealkylation sites (tertiary alicyclic amines) is 1. The van der Waals surface area contributed by atoms with Crippen molar-refractivity contribution in [3.05, 3.63) is 76.5 Å². The molecule has 1 aliphatic heterocycles. The summed E-state index contributed by atoms with van der Waals surface area (Å²) in [6, 6.07) is 11.8. The van der Waals surface area contributed by atoms with Crippen LogP contribution in [-0.2, 0) is 24.8 Å². The SMILES string of the molecule is CCN(CC)C(=O)c1[nH]c2c(c1C)CC1CN(Cc3ccco3)CCC1(c1cccc(O)c1)C2. The Hall–Kier alpha value is -2.99.